The molecule has 0 fully saturated rings. The average Bonchev–Trinajstić information content (AvgIpc) is 2.05. The zero-order valence-electron chi connectivity index (χ0n) is 7.10. The fraction of sp³-hybridized carbons (Fsp3) is 0.333. The molecule has 3 heteroatoms. The van der Waals surface area contributed by atoms with Crippen molar-refractivity contribution in [3.8, 4) is 5.75 Å². The molecule has 0 spiro atoms. The first-order valence-electron chi connectivity index (χ1n) is 3.87. The summed E-state index contributed by atoms with van der Waals surface area (Å²) >= 11 is 0. The van der Waals surface area contributed by atoms with Gasteiger partial charge in [-0.2, -0.15) is 5.06 Å². The molecule has 0 bridgehead atoms. The summed E-state index contributed by atoms with van der Waals surface area (Å²) in [7, 11) is 1.59. The molecule has 12 heavy (non-hydrogen) atoms. The van der Waals surface area contributed by atoms with Gasteiger partial charge in [0.1, 0.15) is 12.4 Å². The lowest BCUT2D eigenvalue weighted by Gasteiger charge is -2.09. The minimum Gasteiger partial charge on any atom is -0.492 e. The first-order valence-corrected chi connectivity index (χ1v) is 3.87. The number of likely N-dealkylation sites (N-methyl/N-ethyl adjacent to an activating group) is 1. The molecule has 0 aliphatic rings. The normalized spacial score (nSPS) is 10.2. The van der Waals surface area contributed by atoms with E-state index in [0.717, 1.165) is 10.8 Å². The van der Waals surface area contributed by atoms with Crippen LogP contribution in [0.4, 0.5) is 0 Å². The van der Waals surface area contributed by atoms with E-state index < -0.39 is 0 Å². The second-order valence-electron chi connectivity index (χ2n) is 2.54. The summed E-state index contributed by atoms with van der Waals surface area (Å²) in [4.78, 5) is 0. The van der Waals surface area contributed by atoms with Crippen LogP contribution in [0.2, 0.25) is 0 Å². The number of hydroxylamine groups is 2. The smallest absolute Gasteiger partial charge is 0.119 e. The Morgan fingerprint density at radius 2 is 2.00 bits per heavy atom. The van der Waals surface area contributed by atoms with Gasteiger partial charge in [-0.3, -0.25) is 0 Å². The second kappa shape index (κ2) is 4.74. The first-order chi connectivity index (χ1) is 5.79. The Morgan fingerprint density at radius 3 is 2.58 bits per heavy atom. The van der Waals surface area contributed by atoms with Crippen molar-refractivity contribution < 1.29 is 9.94 Å². The summed E-state index contributed by atoms with van der Waals surface area (Å²) in [5.74, 6) is 0.833. The zero-order valence-corrected chi connectivity index (χ0v) is 7.10. The number of rotatable bonds is 4. The van der Waals surface area contributed by atoms with Crippen molar-refractivity contribution in [2.75, 3.05) is 20.2 Å². The van der Waals surface area contributed by atoms with Crippen LogP contribution in [0, 0.1) is 0 Å². The van der Waals surface area contributed by atoms with Crippen LogP contribution >= 0.6 is 0 Å². The van der Waals surface area contributed by atoms with Crippen LogP contribution in [0.5, 0.6) is 5.75 Å². The van der Waals surface area contributed by atoms with E-state index in [4.69, 9.17) is 9.94 Å². The highest BCUT2D eigenvalue weighted by molar-refractivity contribution is 5.20. The molecule has 1 aromatic rings. The third kappa shape index (κ3) is 3.37. The van der Waals surface area contributed by atoms with Crippen molar-refractivity contribution in [1.82, 2.24) is 5.06 Å². The predicted molar refractivity (Wildman–Crippen MR) is 46.4 cm³/mol. The van der Waals surface area contributed by atoms with E-state index in [1.807, 2.05) is 30.3 Å². The van der Waals surface area contributed by atoms with Gasteiger partial charge in [0, 0.05) is 7.05 Å². The van der Waals surface area contributed by atoms with E-state index in [9.17, 15) is 0 Å². The van der Waals surface area contributed by atoms with Gasteiger partial charge >= 0.3 is 0 Å². The van der Waals surface area contributed by atoms with Crippen molar-refractivity contribution in [2.45, 2.75) is 0 Å². The quantitative estimate of drug-likeness (QED) is 0.688. The topological polar surface area (TPSA) is 32.7 Å². The Labute approximate surface area is 72.1 Å². The van der Waals surface area contributed by atoms with Crippen LogP contribution in [0.3, 0.4) is 0 Å². The first kappa shape index (κ1) is 9.03. The number of nitrogens with zero attached hydrogens (tertiary/aromatic N) is 1. The van der Waals surface area contributed by atoms with Gasteiger partial charge in [-0.1, -0.05) is 18.2 Å². The monoisotopic (exact) mass is 167 g/mol. The van der Waals surface area contributed by atoms with Crippen LogP contribution < -0.4 is 4.74 Å². The summed E-state index contributed by atoms with van der Waals surface area (Å²) in [5.41, 5.74) is 0. The molecule has 1 N–H and O–H groups in total. The maximum absolute atomic E-state index is 8.78. The van der Waals surface area contributed by atoms with Gasteiger partial charge < -0.3 is 9.94 Å². The fourth-order valence-electron chi connectivity index (χ4n) is 0.812. The van der Waals surface area contributed by atoms with Crippen molar-refractivity contribution >= 4 is 0 Å². The minimum atomic E-state index is 0.497. The molecule has 3 nitrogen and oxygen atoms in total. The third-order valence-electron chi connectivity index (χ3n) is 1.43. The Kier molecular flexibility index (Phi) is 3.57. The molecule has 0 atom stereocenters. The summed E-state index contributed by atoms with van der Waals surface area (Å²) in [6, 6.07) is 9.54. The van der Waals surface area contributed by atoms with Crippen LogP contribution in [0.25, 0.3) is 0 Å². The molecule has 0 heterocycles. The largest absolute Gasteiger partial charge is 0.492 e. The van der Waals surface area contributed by atoms with Crippen molar-refractivity contribution in [1.29, 1.82) is 0 Å². The molecule has 0 aliphatic carbocycles. The van der Waals surface area contributed by atoms with E-state index in [2.05, 4.69) is 0 Å². The average molecular weight is 167 g/mol. The van der Waals surface area contributed by atoms with Gasteiger partial charge in [-0.15, -0.1) is 0 Å². The highest BCUT2D eigenvalue weighted by atomic mass is 16.5. The van der Waals surface area contributed by atoms with Gasteiger partial charge in [-0.05, 0) is 12.1 Å². The predicted octanol–water partition coefficient (Wildman–Crippen LogP) is 1.39. The number of hydrogen-bond donors (Lipinski definition) is 1. The number of benzene rings is 1. The van der Waals surface area contributed by atoms with E-state index in [-0.39, 0.29) is 0 Å². The van der Waals surface area contributed by atoms with Gasteiger partial charge in [0.05, 0.1) is 6.54 Å². The van der Waals surface area contributed by atoms with Crippen LogP contribution in [0.1, 0.15) is 0 Å². The molecule has 0 unspecified atom stereocenters. The molecule has 0 radical (unpaired) electrons. The van der Waals surface area contributed by atoms with Crippen molar-refractivity contribution in [2.24, 2.45) is 0 Å². The minimum absolute atomic E-state index is 0.497. The van der Waals surface area contributed by atoms with Crippen LogP contribution in [-0.4, -0.2) is 30.5 Å². The number of hydrogen-bond acceptors (Lipinski definition) is 3. The standard InChI is InChI=1S/C9H13NO2/c1-10(11)7-8-12-9-5-3-2-4-6-9/h2-6,11H,7-8H2,1H3. The summed E-state index contributed by atoms with van der Waals surface area (Å²) in [6.45, 7) is 1.01. The van der Waals surface area contributed by atoms with Crippen LogP contribution in [0.15, 0.2) is 30.3 Å². The highest BCUT2D eigenvalue weighted by Gasteiger charge is 1.93. The molecule has 0 aromatic heterocycles. The second-order valence-corrected chi connectivity index (χ2v) is 2.54. The molecule has 0 amide bonds. The third-order valence-corrected chi connectivity index (χ3v) is 1.43. The summed E-state index contributed by atoms with van der Waals surface area (Å²) in [6.07, 6.45) is 0. The molecule has 1 rings (SSSR count). The summed E-state index contributed by atoms with van der Waals surface area (Å²) in [5, 5.41) is 9.88. The van der Waals surface area contributed by atoms with E-state index in [1.165, 1.54) is 0 Å². The Balaban J connectivity index is 2.25. The van der Waals surface area contributed by atoms with E-state index >= 15 is 0 Å². The highest BCUT2D eigenvalue weighted by Crippen LogP contribution is 2.07. The maximum atomic E-state index is 8.78. The molecular weight excluding hydrogens is 154 g/mol. The van der Waals surface area contributed by atoms with Crippen LogP contribution in [-0.2, 0) is 0 Å². The lowest BCUT2D eigenvalue weighted by molar-refractivity contribution is -0.0713. The number of para-hydroxylation sites is 1. The summed E-state index contributed by atoms with van der Waals surface area (Å²) < 4.78 is 5.32. The Bertz CT molecular complexity index is 211. The lowest BCUT2D eigenvalue weighted by Crippen LogP contribution is -2.20. The van der Waals surface area contributed by atoms with Gasteiger partial charge in [-0.25, -0.2) is 0 Å². The molecule has 1 aromatic carbocycles. The van der Waals surface area contributed by atoms with Gasteiger partial charge in [0.2, 0.25) is 0 Å². The van der Waals surface area contributed by atoms with Crippen molar-refractivity contribution in [3.05, 3.63) is 30.3 Å². The zero-order chi connectivity index (χ0) is 8.81. The Morgan fingerprint density at radius 1 is 1.33 bits per heavy atom. The maximum Gasteiger partial charge on any atom is 0.119 e. The SMILES string of the molecule is CN(O)CCOc1ccccc1. The molecule has 66 valence electrons. The molecule has 0 saturated carbocycles. The van der Waals surface area contributed by atoms with E-state index in [0.29, 0.717) is 13.2 Å². The van der Waals surface area contributed by atoms with Crippen molar-refractivity contribution in [3.63, 3.8) is 0 Å². The lowest BCUT2D eigenvalue weighted by atomic mass is 10.3. The van der Waals surface area contributed by atoms with Gasteiger partial charge in [0.15, 0.2) is 0 Å². The Hall–Kier alpha value is -1.06. The molecular formula is C9H13NO2. The molecule has 0 aliphatic heterocycles. The number of ether oxygens (including phenoxy) is 1. The van der Waals surface area contributed by atoms with E-state index in [1.54, 1.807) is 7.05 Å². The molecule has 0 saturated heterocycles. The van der Waals surface area contributed by atoms with Gasteiger partial charge in [0.25, 0.3) is 0 Å². The fourth-order valence-corrected chi connectivity index (χ4v) is 0.812.